The molecule has 0 aromatic heterocycles. The van der Waals surface area contributed by atoms with Crippen LogP contribution in [0.4, 0.5) is 5.69 Å². The number of benzene rings is 3. The van der Waals surface area contributed by atoms with Gasteiger partial charge in [-0.25, -0.2) is 0 Å². The van der Waals surface area contributed by atoms with E-state index in [1.54, 1.807) is 24.3 Å². The van der Waals surface area contributed by atoms with Crippen LogP contribution in [0, 0.1) is 11.3 Å². The average molecular weight is 355 g/mol. The van der Waals surface area contributed by atoms with Gasteiger partial charge in [0.1, 0.15) is 0 Å². The van der Waals surface area contributed by atoms with Crippen LogP contribution in [-0.2, 0) is 11.2 Å². The second-order valence-electron chi connectivity index (χ2n) is 6.22. The summed E-state index contributed by atoms with van der Waals surface area (Å²) in [4.78, 5) is 11.8. The van der Waals surface area contributed by atoms with E-state index in [1.807, 2.05) is 61.5 Å². The van der Waals surface area contributed by atoms with E-state index in [1.165, 1.54) is 0 Å². The molecular weight excluding hydrogens is 336 g/mol. The summed E-state index contributed by atoms with van der Waals surface area (Å²) in [6.07, 6.45) is 0.786. The number of anilines is 1. The van der Waals surface area contributed by atoms with E-state index in [9.17, 15) is 9.90 Å². The van der Waals surface area contributed by atoms with Crippen molar-refractivity contribution in [2.45, 2.75) is 19.4 Å². The van der Waals surface area contributed by atoms with Crippen LogP contribution in [0.15, 0.2) is 72.8 Å². The van der Waals surface area contributed by atoms with Gasteiger partial charge in [-0.15, -0.1) is 0 Å². The number of nitrogens with one attached hydrogen (secondary N) is 1. The standard InChI is InChI=1S/C23H20N2O2/c1-2-17-14-19(10-13-21(17)18-6-4-3-5-7-18)22(23(26)27)25-20-11-8-16(15-24)9-12-20/h3-14,22,25H,2H2,1H3,(H,26,27)/p-1. The SMILES string of the molecule is CCc1cc(C(Nc2ccc(C#N)cc2)C(=O)[O-])ccc1-c1ccccc1. The number of carbonyl (C=O) groups excluding carboxylic acids is 1. The zero-order valence-corrected chi connectivity index (χ0v) is 15.0. The number of nitrogens with zero attached hydrogens (tertiary/aromatic N) is 1. The van der Waals surface area contributed by atoms with Crippen molar-refractivity contribution >= 4 is 11.7 Å². The maximum Gasteiger partial charge on any atom is 0.0991 e. The maximum atomic E-state index is 11.8. The lowest BCUT2D eigenvalue weighted by Gasteiger charge is -2.23. The molecule has 0 fully saturated rings. The lowest BCUT2D eigenvalue weighted by molar-refractivity contribution is -0.307. The molecule has 0 saturated heterocycles. The quantitative estimate of drug-likeness (QED) is 0.732. The number of rotatable bonds is 6. The van der Waals surface area contributed by atoms with E-state index in [2.05, 4.69) is 5.32 Å². The van der Waals surface area contributed by atoms with Crippen molar-refractivity contribution in [3.63, 3.8) is 0 Å². The molecule has 0 amide bonds. The van der Waals surface area contributed by atoms with Gasteiger partial charge in [0.05, 0.1) is 23.6 Å². The van der Waals surface area contributed by atoms with Crippen molar-refractivity contribution < 1.29 is 9.90 Å². The van der Waals surface area contributed by atoms with Crippen molar-refractivity contribution in [2.24, 2.45) is 0 Å². The van der Waals surface area contributed by atoms with Crippen molar-refractivity contribution in [2.75, 3.05) is 5.32 Å². The van der Waals surface area contributed by atoms with Crippen molar-refractivity contribution in [3.8, 4) is 17.2 Å². The minimum atomic E-state index is -1.20. The molecule has 27 heavy (non-hydrogen) atoms. The molecule has 3 aromatic rings. The Labute approximate surface area is 158 Å². The molecule has 4 heteroatoms. The van der Waals surface area contributed by atoms with Gasteiger partial charge in [0, 0.05) is 5.69 Å². The third-order valence-electron chi connectivity index (χ3n) is 4.49. The number of carbonyl (C=O) groups is 1. The minimum absolute atomic E-state index is 0.519. The highest BCUT2D eigenvalue weighted by Gasteiger charge is 2.15. The second-order valence-corrected chi connectivity index (χ2v) is 6.22. The molecule has 0 spiro atoms. The number of carboxylic acids is 1. The first-order valence-electron chi connectivity index (χ1n) is 8.78. The summed E-state index contributed by atoms with van der Waals surface area (Å²) in [6, 6.07) is 23.4. The Kier molecular flexibility index (Phi) is 5.53. The van der Waals surface area contributed by atoms with E-state index >= 15 is 0 Å². The molecule has 0 aliphatic heterocycles. The van der Waals surface area contributed by atoms with Crippen LogP contribution in [0.5, 0.6) is 0 Å². The predicted octanol–water partition coefficient (Wildman–Crippen LogP) is 3.69. The molecule has 0 aliphatic carbocycles. The molecule has 4 nitrogen and oxygen atoms in total. The molecule has 1 unspecified atom stereocenters. The van der Waals surface area contributed by atoms with Gasteiger partial charge in [0.15, 0.2) is 0 Å². The van der Waals surface area contributed by atoms with E-state index in [0.29, 0.717) is 16.8 Å². The number of carboxylic acid groups (broad SMARTS) is 1. The first-order chi connectivity index (χ1) is 13.1. The van der Waals surface area contributed by atoms with E-state index in [0.717, 1.165) is 23.1 Å². The first kappa shape index (κ1) is 18.2. The van der Waals surface area contributed by atoms with Crippen LogP contribution in [-0.4, -0.2) is 5.97 Å². The molecule has 134 valence electrons. The van der Waals surface area contributed by atoms with Gasteiger partial charge in [0.2, 0.25) is 0 Å². The van der Waals surface area contributed by atoms with Gasteiger partial charge in [-0.3, -0.25) is 0 Å². The van der Waals surface area contributed by atoms with E-state index < -0.39 is 12.0 Å². The highest BCUT2D eigenvalue weighted by atomic mass is 16.4. The Bertz CT molecular complexity index is 974. The average Bonchev–Trinajstić information content (AvgIpc) is 2.72. The van der Waals surface area contributed by atoms with Crippen LogP contribution < -0.4 is 10.4 Å². The van der Waals surface area contributed by atoms with Crippen LogP contribution in [0.1, 0.15) is 29.7 Å². The van der Waals surface area contributed by atoms with Crippen LogP contribution in [0.2, 0.25) is 0 Å². The summed E-state index contributed by atoms with van der Waals surface area (Å²) in [6.45, 7) is 2.05. The van der Waals surface area contributed by atoms with E-state index in [-0.39, 0.29) is 0 Å². The Morgan fingerprint density at radius 2 is 1.78 bits per heavy atom. The molecule has 3 rings (SSSR count). The summed E-state index contributed by atoms with van der Waals surface area (Å²) in [5, 5.41) is 23.6. The van der Waals surface area contributed by atoms with Gasteiger partial charge >= 0.3 is 0 Å². The Balaban J connectivity index is 1.93. The summed E-state index contributed by atoms with van der Waals surface area (Å²) < 4.78 is 0. The number of aryl methyl sites for hydroxylation is 1. The fourth-order valence-electron chi connectivity index (χ4n) is 3.07. The molecule has 0 saturated carbocycles. The van der Waals surface area contributed by atoms with Gasteiger partial charge in [-0.05, 0) is 52.9 Å². The summed E-state index contributed by atoms with van der Waals surface area (Å²) in [7, 11) is 0. The third-order valence-corrected chi connectivity index (χ3v) is 4.49. The monoisotopic (exact) mass is 355 g/mol. The number of hydrogen-bond acceptors (Lipinski definition) is 4. The number of aliphatic carboxylic acids is 1. The molecule has 0 heterocycles. The molecule has 1 N–H and O–H groups in total. The van der Waals surface area contributed by atoms with Gasteiger partial charge in [0.25, 0.3) is 0 Å². The topological polar surface area (TPSA) is 76.0 Å². The molecule has 1 atom stereocenters. The summed E-state index contributed by atoms with van der Waals surface area (Å²) in [5.74, 6) is -1.20. The molecule has 0 bridgehead atoms. The molecule has 0 radical (unpaired) electrons. The Morgan fingerprint density at radius 3 is 2.37 bits per heavy atom. The summed E-state index contributed by atoms with van der Waals surface area (Å²) in [5.41, 5.74) is 5.05. The van der Waals surface area contributed by atoms with Gasteiger partial charge in [-0.2, -0.15) is 5.26 Å². The highest BCUT2D eigenvalue weighted by molar-refractivity contribution is 5.78. The zero-order chi connectivity index (χ0) is 19.2. The third kappa shape index (κ3) is 4.16. The predicted molar refractivity (Wildman–Crippen MR) is 104 cm³/mol. The molecule has 0 aliphatic rings. The van der Waals surface area contributed by atoms with Crippen LogP contribution >= 0.6 is 0 Å². The van der Waals surface area contributed by atoms with Crippen molar-refractivity contribution in [1.82, 2.24) is 0 Å². The Morgan fingerprint density at radius 1 is 1.07 bits per heavy atom. The minimum Gasteiger partial charge on any atom is -0.548 e. The van der Waals surface area contributed by atoms with Gasteiger partial charge in [-0.1, -0.05) is 55.5 Å². The maximum absolute atomic E-state index is 11.8. The van der Waals surface area contributed by atoms with Crippen molar-refractivity contribution in [1.29, 1.82) is 5.26 Å². The van der Waals surface area contributed by atoms with Crippen molar-refractivity contribution in [3.05, 3.63) is 89.5 Å². The Hall–Kier alpha value is -3.58. The second kappa shape index (κ2) is 8.20. The normalized spacial score (nSPS) is 11.4. The molecular formula is C23H19N2O2-. The fourth-order valence-corrected chi connectivity index (χ4v) is 3.07. The van der Waals surface area contributed by atoms with E-state index in [4.69, 9.17) is 5.26 Å². The van der Waals surface area contributed by atoms with Gasteiger partial charge < -0.3 is 15.2 Å². The van der Waals surface area contributed by atoms with Crippen LogP contribution in [0.25, 0.3) is 11.1 Å². The largest absolute Gasteiger partial charge is 0.548 e. The zero-order valence-electron chi connectivity index (χ0n) is 15.0. The number of nitriles is 1. The molecule has 3 aromatic carbocycles. The highest BCUT2D eigenvalue weighted by Crippen LogP contribution is 2.28. The van der Waals surface area contributed by atoms with Crippen LogP contribution in [0.3, 0.4) is 0 Å². The smallest absolute Gasteiger partial charge is 0.0991 e. The fraction of sp³-hybridized carbons (Fsp3) is 0.130. The summed E-state index contributed by atoms with van der Waals surface area (Å²) >= 11 is 0. The first-order valence-corrected chi connectivity index (χ1v) is 8.78. The lowest BCUT2D eigenvalue weighted by atomic mass is 9.93. The number of hydrogen-bond donors (Lipinski definition) is 1. The lowest BCUT2D eigenvalue weighted by Crippen LogP contribution is -2.34.